The molecule has 0 heterocycles. The molecule has 2 amide bonds. The van der Waals surface area contributed by atoms with E-state index < -0.39 is 10.6 Å². The summed E-state index contributed by atoms with van der Waals surface area (Å²) in [5, 5.41) is 0.171. The highest BCUT2D eigenvalue weighted by Crippen LogP contribution is 2.24. The third-order valence-electron chi connectivity index (χ3n) is 2.38. The Hall–Kier alpha value is -0.580. The molecule has 0 saturated heterocycles. The molecule has 0 bridgehead atoms. The van der Waals surface area contributed by atoms with E-state index in [0.717, 1.165) is 12.8 Å². The van der Waals surface area contributed by atoms with E-state index in [1.165, 1.54) is 0 Å². The zero-order valence-corrected chi connectivity index (χ0v) is 10.7. The summed E-state index contributed by atoms with van der Waals surface area (Å²) in [6, 6.07) is -0.124. The van der Waals surface area contributed by atoms with Gasteiger partial charge in [0.1, 0.15) is 0 Å². The summed E-state index contributed by atoms with van der Waals surface area (Å²) in [7, 11) is -1.67. The molecule has 0 aromatic heterocycles. The monoisotopic (exact) mass is 232 g/mol. The Morgan fingerprint density at radius 2 is 1.73 bits per heavy atom. The average molecular weight is 232 g/mol. The first-order valence-corrected chi connectivity index (χ1v) is 6.72. The largest absolute Gasteiger partial charge is 0.352 e. The number of carbonyl (C=O) groups is 1. The van der Waals surface area contributed by atoms with Gasteiger partial charge < -0.3 is 4.90 Å². The van der Waals surface area contributed by atoms with E-state index >= 15 is 0 Å². The summed E-state index contributed by atoms with van der Waals surface area (Å²) in [4.78, 5) is 13.4. The zero-order chi connectivity index (χ0) is 11.6. The van der Waals surface area contributed by atoms with Crippen molar-refractivity contribution in [1.29, 1.82) is 0 Å². The Labute approximate surface area is 93.2 Å². The summed E-state index contributed by atoms with van der Waals surface area (Å²) in [5.74, 6) is 0. The Morgan fingerprint density at radius 3 is 2.07 bits per heavy atom. The number of carbonyl (C=O) groups excluding carboxylic acids is 1. The second-order valence-corrected chi connectivity index (χ2v) is 6.05. The lowest BCUT2D eigenvalue weighted by molar-refractivity contribution is 0.175. The van der Waals surface area contributed by atoms with Crippen molar-refractivity contribution >= 4 is 16.6 Å². The molecule has 1 unspecified atom stereocenters. The van der Waals surface area contributed by atoms with Crippen LogP contribution >= 0.6 is 0 Å². The van der Waals surface area contributed by atoms with Crippen LogP contribution in [0.1, 0.15) is 40.5 Å². The molecule has 1 saturated carbocycles. The second-order valence-electron chi connectivity index (χ2n) is 4.51. The van der Waals surface area contributed by atoms with Gasteiger partial charge in [0, 0.05) is 27.9 Å². The van der Waals surface area contributed by atoms with E-state index in [4.69, 9.17) is 0 Å². The Balaban J connectivity index is 2.72. The normalized spacial score (nSPS) is 18.5. The van der Waals surface area contributed by atoms with Crippen molar-refractivity contribution in [2.45, 2.75) is 57.9 Å². The van der Waals surface area contributed by atoms with Crippen LogP contribution in [0.5, 0.6) is 0 Å². The second kappa shape index (κ2) is 4.96. The van der Waals surface area contributed by atoms with Gasteiger partial charge in [0.05, 0.1) is 0 Å². The third kappa shape index (κ3) is 3.48. The molecule has 0 aliphatic heterocycles. The van der Waals surface area contributed by atoms with Crippen LogP contribution in [-0.2, 0) is 10.6 Å². The summed E-state index contributed by atoms with van der Waals surface area (Å²) in [6.07, 6.45) is 1.91. The third-order valence-corrected chi connectivity index (χ3v) is 3.89. The van der Waals surface area contributed by atoms with Gasteiger partial charge in [-0.1, -0.05) is 0 Å². The highest BCUT2D eigenvalue weighted by atomic mass is 32.2. The Bertz CT molecular complexity index is 307. The molecule has 1 fully saturated rings. The van der Waals surface area contributed by atoms with Gasteiger partial charge in [-0.3, -0.25) is 4.21 Å². The number of nitrogens with zero attached hydrogens (tertiary/aromatic N) is 2. The first kappa shape index (κ1) is 12.5. The minimum absolute atomic E-state index is 0.101. The van der Waals surface area contributed by atoms with Crippen molar-refractivity contribution in [3.8, 4) is 0 Å². The zero-order valence-electron chi connectivity index (χ0n) is 9.80. The van der Waals surface area contributed by atoms with Gasteiger partial charge in [0.2, 0.25) is 0 Å². The Kier molecular flexibility index (Phi) is 4.13. The highest BCUT2D eigenvalue weighted by molar-refractivity contribution is 7.76. The smallest absolute Gasteiger partial charge is 0.318 e. The molecule has 4 nitrogen and oxygen atoms in total. The standard InChI is InChI=1S/C10H20N2O2S/c1-7(2)12(8(3)4)10(13)11-15(14)9-5-6-9/h7-9,15H,5-6H2,1-4H3. The van der Waals surface area contributed by atoms with E-state index in [2.05, 4.69) is 4.36 Å². The van der Waals surface area contributed by atoms with Gasteiger partial charge in [-0.25, -0.2) is 4.79 Å². The van der Waals surface area contributed by atoms with E-state index in [1.54, 1.807) is 4.90 Å². The average Bonchev–Trinajstić information content (AvgIpc) is 2.82. The number of thiol groups is 1. The fourth-order valence-corrected chi connectivity index (χ4v) is 2.58. The first-order valence-electron chi connectivity index (χ1n) is 5.43. The molecule has 0 N–H and O–H groups in total. The van der Waals surface area contributed by atoms with Crippen LogP contribution in [0.4, 0.5) is 4.79 Å². The SMILES string of the molecule is CC(C)N(C(=O)/N=[SH](=O)/C1CC1)C(C)C. The molecule has 0 aromatic carbocycles. The van der Waals surface area contributed by atoms with Crippen molar-refractivity contribution in [2.24, 2.45) is 4.36 Å². The van der Waals surface area contributed by atoms with Gasteiger partial charge in [-0.05, 0) is 40.5 Å². The first-order chi connectivity index (χ1) is 6.93. The number of rotatable bonds is 3. The van der Waals surface area contributed by atoms with Gasteiger partial charge >= 0.3 is 6.03 Å². The van der Waals surface area contributed by atoms with Crippen molar-refractivity contribution < 1.29 is 9.00 Å². The molecule has 1 aliphatic rings. The van der Waals surface area contributed by atoms with E-state index in [9.17, 15) is 9.00 Å². The van der Waals surface area contributed by atoms with Crippen molar-refractivity contribution in [1.82, 2.24) is 4.90 Å². The lowest BCUT2D eigenvalue weighted by Crippen LogP contribution is -2.40. The molecule has 0 spiro atoms. The van der Waals surface area contributed by atoms with Crippen LogP contribution in [0.3, 0.4) is 0 Å². The fraction of sp³-hybridized carbons (Fsp3) is 0.900. The summed E-state index contributed by atoms with van der Waals surface area (Å²) < 4.78 is 15.3. The fourth-order valence-electron chi connectivity index (χ4n) is 1.55. The molecular formula is C10H20N2O2S. The molecular weight excluding hydrogens is 212 g/mol. The molecule has 5 heteroatoms. The van der Waals surface area contributed by atoms with E-state index in [1.807, 2.05) is 27.7 Å². The summed E-state index contributed by atoms with van der Waals surface area (Å²) in [5.41, 5.74) is 0. The molecule has 0 radical (unpaired) electrons. The molecule has 15 heavy (non-hydrogen) atoms. The highest BCUT2D eigenvalue weighted by Gasteiger charge is 2.26. The molecule has 0 aromatic rings. The summed E-state index contributed by atoms with van der Waals surface area (Å²) >= 11 is 0. The number of urea groups is 1. The van der Waals surface area contributed by atoms with Crippen LogP contribution in [0.25, 0.3) is 0 Å². The van der Waals surface area contributed by atoms with Gasteiger partial charge in [-0.2, -0.15) is 0 Å². The van der Waals surface area contributed by atoms with Crippen molar-refractivity contribution in [3.63, 3.8) is 0 Å². The maximum atomic E-state index is 11.7. The van der Waals surface area contributed by atoms with Crippen LogP contribution in [0.15, 0.2) is 4.36 Å². The van der Waals surface area contributed by atoms with Crippen LogP contribution in [-0.4, -0.2) is 32.5 Å². The van der Waals surface area contributed by atoms with Crippen molar-refractivity contribution in [2.75, 3.05) is 0 Å². The molecule has 88 valence electrons. The van der Waals surface area contributed by atoms with Crippen molar-refractivity contribution in [3.05, 3.63) is 0 Å². The van der Waals surface area contributed by atoms with E-state index in [-0.39, 0.29) is 23.4 Å². The number of amides is 2. The predicted molar refractivity (Wildman–Crippen MR) is 62.5 cm³/mol. The Morgan fingerprint density at radius 1 is 1.27 bits per heavy atom. The molecule has 1 rings (SSSR count). The topological polar surface area (TPSA) is 49.7 Å². The molecule has 1 atom stereocenters. The lowest BCUT2D eigenvalue weighted by Gasteiger charge is -2.28. The van der Waals surface area contributed by atoms with Gasteiger partial charge in [0.15, 0.2) is 0 Å². The maximum absolute atomic E-state index is 11.7. The number of hydrogen-bond donors (Lipinski definition) is 1. The van der Waals surface area contributed by atoms with Crippen LogP contribution < -0.4 is 0 Å². The minimum atomic E-state index is -1.67. The van der Waals surface area contributed by atoms with Crippen LogP contribution in [0.2, 0.25) is 0 Å². The van der Waals surface area contributed by atoms with Gasteiger partial charge in [-0.15, -0.1) is 4.36 Å². The van der Waals surface area contributed by atoms with Gasteiger partial charge in [0.25, 0.3) is 0 Å². The predicted octanol–water partition coefficient (Wildman–Crippen LogP) is 2.05. The molecule has 1 aliphatic carbocycles. The summed E-state index contributed by atoms with van der Waals surface area (Å²) in [6.45, 7) is 7.77. The van der Waals surface area contributed by atoms with Crippen LogP contribution in [0, 0.1) is 0 Å². The minimum Gasteiger partial charge on any atom is -0.318 e. The van der Waals surface area contributed by atoms with E-state index in [0.29, 0.717) is 0 Å². The number of hydrogen-bond acceptors (Lipinski definition) is 2. The lowest BCUT2D eigenvalue weighted by atomic mass is 10.2. The maximum Gasteiger partial charge on any atom is 0.352 e. The quantitative estimate of drug-likeness (QED) is 0.757.